The number of alkyl halides is 3. The summed E-state index contributed by atoms with van der Waals surface area (Å²) < 4.78 is 67.3. The van der Waals surface area contributed by atoms with Crippen molar-refractivity contribution in [3.8, 4) is 0 Å². The van der Waals surface area contributed by atoms with E-state index in [4.69, 9.17) is 10.3 Å². The SMILES string of the molecule is Cc1c(C(F)(F)F)ccc(CS(=O)(=O)O)c1N. The molecule has 0 aliphatic carbocycles. The van der Waals surface area contributed by atoms with Crippen LogP contribution < -0.4 is 5.73 Å². The number of nitrogens with two attached hydrogens (primary N) is 1. The van der Waals surface area contributed by atoms with Crippen molar-refractivity contribution in [3.63, 3.8) is 0 Å². The van der Waals surface area contributed by atoms with Gasteiger partial charge in [-0.3, -0.25) is 4.55 Å². The molecular formula is C9H10F3NO3S. The number of rotatable bonds is 2. The van der Waals surface area contributed by atoms with Gasteiger partial charge in [-0.2, -0.15) is 21.6 Å². The summed E-state index contributed by atoms with van der Waals surface area (Å²) in [5.41, 5.74) is 3.90. The van der Waals surface area contributed by atoms with Gasteiger partial charge in [0.2, 0.25) is 0 Å². The maximum absolute atomic E-state index is 12.5. The van der Waals surface area contributed by atoms with Crippen molar-refractivity contribution in [2.24, 2.45) is 0 Å². The Labute approximate surface area is 96.0 Å². The first kappa shape index (κ1) is 13.8. The van der Waals surface area contributed by atoms with Crippen LogP contribution in [0.1, 0.15) is 16.7 Å². The zero-order chi connectivity index (χ0) is 13.4. The fourth-order valence-corrected chi connectivity index (χ4v) is 2.06. The van der Waals surface area contributed by atoms with Crippen LogP contribution in [0.15, 0.2) is 12.1 Å². The molecular weight excluding hydrogens is 259 g/mol. The molecule has 1 rings (SSSR count). The number of benzene rings is 1. The Balaban J connectivity index is 3.30. The number of hydrogen-bond acceptors (Lipinski definition) is 3. The molecule has 0 aromatic heterocycles. The maximum Gasteiger partial charge on any atom is 0.416 e. The Hall–Kier alpha value is -1.28. The lowest BCUT2D eigenvalue weighted by Gasteiger charge is -2.14. The summed E-state index contributed by atoms with van der Waals surface area (Å²) in [4.78, 5) is 0. The summed E-state index contributed by atoms with van der Waals surface area (Å²) in [6.07, 6.45) is -4.55. The molecule has 0 aliphatic rings. The van der Waals surface area contributed by atoms with E-state index in [0.29, 0.717) is 0 Å². The average molecular weight is 269 g/mol. The molecule has 0 aliphatic heterocycles. The molecule has 8 heteroatoms. The third kappa shape index (κ3) is 3.34. The Morgan fingerprint density at radius 2 is 1.88 bits per heavy atom. The lowest BCUT2D eigenvalue weighted by atomic mass is 10.0. The first-order valence-corrected chi connectivity index (χ1v) is 6.03. The van der Waals surface area contributed by atoms with E-state index in [2.05, 4.69) is 0 Å². The molecule has 0 bridgehead atoms. The van der Waals surface area contributed by atoms with Gasteiger partial charge in [0.1, 0.15) is 5.75 Å². The van der Waals surface area contributed by atoms with E-state index < -0.39 is 27.6 Å². The molecule has 96 valence electrons. The first-order valence-electron chi connectivity index (χ1n) is 4.42. The number of anilines is 1. The number of halogens is 3. The topological polar surface area (TPSA) is 80.4 Å². The number of nitrogen functional groups attached to an aromatic ring is 1. The molecule has 4 nitrogen and oxygen atoms in total. The third-order valence-corrected chi connectivity index (χ3v) is 2.92. The molecule has 0 atom stereocenters. The molecule has 1 aromatic rings. The van der Waals surface area contributed by atoms with Crippen LogP contribution in [0.3, 0.4) is 0 Å². The van der Waals surface area contributed by atoms with Gasteiger partial charge >= 0.3 is 6.18 Å². The second-order valence-corrected chi connectivity index (χ2v) is 4.99. The molecule has 0 saturated heterocycles. The minimum Gasteiger partial charge on any atom is -0.398 e. The monoisotopic (exact) mass is 269 g/mol. The van der Waals surface area contributed by atoms with E-state index in [-0.39, 0.29) is 16.8 Å². The van der Waals surface area contributed by atoms with Gasteiger partial charge in [-0.1, -0.05) is 6.07 Å². The van der Waals surface area contributed by atoms with Crippen LogP contribution in [-0.2, 0) is 22.0 Å². The fraction of sp³-hybridized carbons (Fsp3) is 0.333. The van der Waals surface area contributed by atoms with Crippen LogP contribution in [-0.4, -0.2) is 13.0 Å². The van der Waals surface area contributed by atoms with Crippen molar-refractivity contribution in [1.29, 1.82) is 0 Å². The van der Waals surface area contributed by atoms with Gasteiger partial charge in [0.15, 0.2) is 0 Å². The largest absolute Gasteiger partial charge is 0.416 e. The lowest BCUT2D eigenvalue weighted by molar-refractivity contribution is -0.138. The summed E-state index contributed by atoms with van der Waals surface area (Å²) in [5, 5.41) is 0. The Morgan fingerprint density at radius 1 is 1.35 bits per heavy atom. The minimum atomic E-state index is -4.55. The fourth-order valence-electron chi connectivity index (χ4n) is 1.41. The Morgan fingerprint density at radius 3 is 2.29 bits per heavy atom. The van der Waals surface area contributed by atoms with Crippen molar-refractivity contribution in [2.45, 2.75) is 18.9 Å². The second kappa shape index (κ2) is 4.19. The second-order valence-electron chi connectivity index (χ2n) is 3.53. The van der Waals surface area contributed by atoms with Crippen molar-refractivity contribution in [3.05, 3.63) is 28.8 Å². The van der Waals surface area contributed by atoms with Crippen molar-refractivity contribution in [2.75, 3.05) is 5.73 Å². The van der Waals surface area contributed by atoms with Crippen LogP contribution in [0.2, 0.25) is 0 Å². The Kier molecular flexibility index (Phi) is 3.40. The lowest BCUT2D eigenvalue weighted by Crippen LogP contribution is -2.12. The van der Waals surface area contributed by atoms with Gasteiger partial charge in [0.25, 0.3) is 10.1 Å². The highest BCUT2D eigenvalue weighted by Gasteiger charge is 2.33. The highest BCUT2D eigenvalue weighted by Crippen LogP contribution is 2.35. The normalized spacial score (nSPS) is 12.8. The predicted molar refractivity (Wildman–Crippen MR) is 55.8 cm³/mol. The van der Waals surface area contributed by atoms with Gasteiger partial charge in [-0.15, -0.1) is 0 Å². The first-order chi connectivity index (χ1) is 7.52. The zero-order valence-corrected chi connectivity index (χ0v) is 9.56. The highest BCUT2D eigenvalue weighted by atomic mass is 32.2. The summed E-state index contributed by atoms with van der Waals surface area (Å²) in [6, 6.07) is 1.69. The summed E-state index contributed by atoms with van der Waals surface area (Å²) in [7, 11) is -4.33. The number of hydrogen-bond donors (Lipinski definition) is 2. The van der Waals surface area contributed by atoms with E-state index >= 15 is 0 Å². The van der Waals surface area contributed by atoms with Crippen LogP contribution in [0.5, 0.6) is 0 Å². The highest BCUT2D eigenvalue weighted by molar-refractivity contribution is 7.85. The van der Waals surface area contributed by atoms with E-state index in [1.54, 1.807) is 0 Å². The van der Waals surface area contributed by atoms with E-state index in [1.165, 1.54) is 0 Å². The van der Waals surface area contributed by atoms with Crippen molar-refractivity contribution >= 4 is 15.8 Å². The van der Waals surface area contributed by atoms with E-state index in [9.17, 15) is 21.6 Å². The van der Waals surface area contributed by atoms with Crippen LogP contribution >= 0.6 is 0 Å². The maximum atomic E-state index is 12.5. The molecule has 0 amide bonds. The molecule has 0 radical (unpaired) electrons. The molecule has 17 heavy (non-hydrogen) atoms. The van der Waals surface area contributed by atoms with Gasteiger partial charge in [0, 0.05) is 5.69 Å². The van der Waals surface area contributed by atoms with Crippen LogP contribution in [0.25, 0.3) is 0 Å². The molecule has 0 heterocycles. The third-order valence-electron chi connectivity index (χ3n) is 2.25. The summed E-state index contributed by atoms with van der Waals surface area (Å²) in [6.45, 7) is 1.14. The molecule has 0 unspecified atom stereocenters. The average Bonchev–Trinajstić information content (AvgIpc) is 2.08. The van der Waals surface area contributed by atoms with Crippen LogP contribution in [0, 0.1) is 6.92 Å². The Bertz CT molecular complexity index is 537. The van der Waals surface area contributed by atoms with Gasteiger partial charge in [-0.05, 0) is 24.1 Å². The van der Waals surface area contributed by atoms with Gasteiger partial charge in [-0.25, -0.2) is 0 Å². The van der Waals surface area contributed by atoms with E-state index in [0.717, 1.165) is 19.1 Å². The standard InChI is InChI=1S/C9H10F3NO3S/c1-5-7(9(10,11)12)3-2-6(8(5)13)4-17(14,15)16/h2-3H,4,13H2,1H3,(H,14,15,16). The van der Waals surface area contributed by atoms with Crippen molar-refractivity contribution in [1.82, 2.24) is 0 Å². The molecule has 1 aromatic carbocycles. The van der Waals surface area contributed by atoms with Crippen LogP contribution in [0.4, 0.5) is 18.9 Å². The molecule has 0 saturated carbocycles. The zero-order valence-electron chi connectivity index (χ0n) is 8.75. The van der Waals surface area contributed by atoms with Crippen molar-refractivity contribution < 1.29 is 26.1 Å². The molecule has 0 spiro atoms. The van der Waals surface area contributed by atoms with Gasteiger partial charge in [0.05, 0.1) is 5.56 Å². The van der Waals surface area contributed by atoms with Gasteiger partial charge < -0.3 is 5.73 Å². The predicted octanol–water partition coefficient (Wildman–Crippen LogP) is 1.98. The molecule has 3 N–H and O–H groups in total. The van der Waals surface area contributed by atoms with E-state index in [1.807, 2.05) is 0 Å². The smallest absolute Gasteiger partial charge is 0.398 e. The molecule has 0 fully saturated rings. The quantitative estimate of drug-likeness (QED) is 0.635. The summed E-state index contributed by atoms with van der Waals surface area (Å²) >= 11 is 0. The summed E-state index contributed by atoms with van der Waals surface area (Å²) in [5.74, 6) is -0.808. The minimum absolute atomic E-state index is 0.0574.